The SMILES string of the molecule is CCC(=O)c1ccc(C2CCC(C(Br)C=O)CC2)cc1. The molecule has 20 heavy (non-hydrogen) atoms. The van der Waals surface area contributed by atoms with Crippen molar-refractivity contribution < 1.29 is 9.59 Å². The zero-order valence-corrected chi connectivity index (χ0v) is 13.4. The van der Waals surface area contributed by atoms with Crippen molar-refractivity contribution in [3.05, 3.63) is 35.4 Å². The number of alkyl halides is 1. The highest BCUT2D eigenvalue weighted by Crippen LogP contribution is 2.38. The third-order valence-corrected chi connectivity index (χ3v) is 5.34. The van der Waals surface area contributed by atoms with Crippen molar-refractivity contribution in [2.45, 2.75) is 49.8 Å². The molecule has 1 aromatic rings. The number of hydrogen-bond acceptors (Lipinski definition) is 2. The molecule has 1 aliphatic carbocycles. The van der Waals surface area contributed by atoms with Crippen molar-refractivity contribution >= 4 is 28.0 Å². The van der Waals surface area contributed by atoms with Gasteiger partial charge >= 0.3 is 0 Å². The van der Waals surface area contributed by atoms with Crippen LogP contribution in [0.1, 0.15) is 60.9 Å². The van der Waals surface area contributed by atoms with Crippen LogP contribution < -0.4 is 0 Å². The van der Waals surface area contributed by atoms with Gasteiger partial charge < -0.3 is 4.79 Å². The lowest BCUT2D eigenvalue weighted by molar-refractivity contribution is -0.108. The van der Waals surface area contributed by atoms with Crippen LogP contribution >= 0.6 is 15.9 Å². The number of carbonyl (C=O) groups excluding carboxylic acids is 2. The maximum Gasteiger partial charge on any atom is 0.162 e. The van der Waals surface area contributed by atoms with E-state index in [-0.39, 0.29) is 10.6 Å². The molecular weight excluding hydrogens is 316 g/mol. The Balaban J connectivity index is 1.97. The van der Waals surface area contributed by atoms with Gasteiger partial charge in [-0.1, -0.05) is 47.1 Å². The fourth-order valence-corrected chi connectivity index (χ4v) is 3.56. The van der Waals surface area contributed by atoms with E-state index in [4.69, 9.17) is 0 Å². The summed E-state index contributed by atoms with van der Waals surface area (Å²) in [4.78, 5) is 22.4. The summed E-state index contributed by atoms with van der Waals surface area (Å²) < 4.78 is 0. The molecule has 1 atom stereocenters. The maximum absolute atomic E-state index is 11.6. The first-order valence-electron chi connectivity index (χ1n) is 7.38. The second kappa shape index (κ2) is 7.16. The van der Waals surface area contributed by atoms with Gasteiger partial charge in [-0.05, 0) is 43.1 Å². The van der Waals surface area contributed by atoms with E-state index in [1.165, 1.54) is 5.56 Å². The molecule has 108 valence electrons. The van der Waals surface area contributed by atoms with Gasteiger partial charge in [0.15, 0.2) is 5.78 Å². The molecule has 0 aromatic heterocycles. The second-order valence-electron chi connectivity index (χ2n) is 5.59. The highest BCUT2D eigenvalue weighted by Gasteiger charge is 2.26. The summed E-state index contributed by atoms with van der Waals surface area (Å²) >= 11 is 3.44. The fraction of sp³-hybridized carbons (Fsp3) is 0.529. The molecule has 1 aliphatic rings. The summed E-state index contributed by atoms with van der Waals surface area (Å²) in [6.45, 7) is 1.89. The third-order valence-electron chi connectivity index (χ3n) is 4.38. The van der Waals surface area contributed by atoms with Gasteiger partial charge in [-0.25, -0.2) is 0 Å². The average Bonchev–Trinajstić information content (AvgIpc) is 2.53. The molecule has 0 heterocycles. The van der Waals surface area contributed by atoms with Crippen LogP contribution in [0.2, 0.25) is 0 Å². The normalized spacial score (nSPS) is 24.1. The van der Waals surface area contributed by atoms with Crippen LogP contribution in [0.4, 0.5) is 0 Å². The molecule has 0 amide bonds. The largest absolute Gasteiger partial charge is 0.302 e. The number of ketones is 1. The Kier molecular flexibility index (Phi) is 5.53. The molecule has 1 unspecified atom stereocenters. The number of rotatable bonds is 5. The van der Waals surface area contributed by atoms with Gasteiger partial charge in [0, 0.05) is 12.0 Å². The zero-order chi connectivity index (χ0) is 14.5. The Hall–Kier alpha value is -0.960. The highest BCUT2D eigenvalue weighted by molar-refractivity contribution is 9.10. The van der Waals surface area contributed by atoms with Crippen LogP contribution in [0, 0.1) is 5.92 Å². The first-order valence-corrected chi connectivity index (χ1v) is 8.29. The molecule has 0 aliphatic heterocycles. The minimum atomic E-state index is 0.00741. The molecule has 0 saturated heterocycles. The molecule has 1 fully saturated rings. The molecule has 2 nitrogen and oxygen atoms in total. The van der Waals surface area contributed by atoms with Crippen molar-refractivity contribution in [2.75, 3.05) is 0 Å². The first kappa shape index (κ1) is 15.4. The minimum absolute atomic E-state index is 0.00741. The van der Waals surface area contributed by atoms with Crippen LogP contribution in [0.25, 0.3) is 0 Å². The summed E-state index contributed by atoms with van der Waals surface area (Å²) in [6, 6.07) is 8.09. The van der Waals surface area contributed by atoms with Crippen molar-refractivity contribution in [1.29, 1.82) is 0 Å². The highest BCUT2D eigenvalue weighted by atomic mass is 79.9. The lowest BCUT2D eigenvalue weighted by atomic mass is 9.77. The maximum atomic E-state index is 11.6. The van der Waals surface area contributed by atoms with Gasteiger partial charge in [-0.2, -0.15) is 0 Å². The predicted molar refractivity (Wildman–Crippen MR) is 84.5 cm³/mol. The molecular formula is C17H21BrO2. The quantitative estimate of drug-likeness (QED) is 0.450. The summed E-state index contributed by atoms with van der Waals surface area (Å²) in [5.74, 6) is 1.25. The van der Waals surface area contributed by atoms with Crippen LogP contribution in [-0.2, 0) is 4.79 Å². The van der Waals surface area contributed by atoms with Gasteiger partial charge in [-0.3, -0.25) is 4.79 Å². The molecule has 0 N–H and O–H groups in total. The third kappa shape index (κ3) is 3.57. The second-order valence-corrected chi connectivity index (χ2v) is 6.65. The van der Waals surface area contributed by atoms with Gasteiger partial charge in [-0.15, -0.1) is 0 Å². The number of hydrogen-bond donors (Lipinski definition) is 0. The van der Waals surface area contributed by atoms with Crippen LogP contribution in [0.15, 0.2) is 24.3 Å². The van der Waals surface area contributed by atoms with E-state index in [1.807, 2.05) is 19.1 Å². The monoisotopic (exact) mass is 336 g/mol. The van der Waals surface area contributed by atoms with E-state index in [9.17, 15) is 9.59 Å². The number of benzene rings is 1. The van der Waals surface area contributed by atoms with Crippen LogP contribution in [0.5, 0.6) is 0 Å². The van der Waals surface area contributed by atoms with Gasteiger partial charge in [0.25, 0.3) is 0 Å². The topological polar surface area (TPSA) is 34.1 Å². The molecule has 0 radical (unpaired) electrons. The van der Waals surface area contributed by atoms with Crippen LogP contribution in [-0.4, -0.2) is 16.9 Å². The van der Waals surface area contributed by atoms with E-state index in [2.05, 4.69) is 28.1 Å². The van der Waals surface area contributed by atoms with E-state index in [1.54, 1.807) is 0 Å². The standard InChI is InChI=1S/C17H21BrO2/c1-2-17(20)15-9-5-13(6-10-15)12-3-7-14(8-4-12)16(18)11-19/h5-6,9-12,14,16H,2-4,7-8H2,1H3. The molecule has 1 aromatic carbocycles. The van der Waals surface area contributed by atoms with Crippen LogP contribution in [0.3, 0.4) is 0 Å². The molecule has 0 bridgehead atoms. The smallest absolute Gasteiger partial charge is 0.162 e. The lowest BCUT2D eigenvalue weighted by Crippen LogP contribution is -2.22. The number of carbonyl (C=O) groups is 2. The lowest BCUT2D eigenvalue weighted by Gasteiger charge is -2.29. The zero-order valence-electron chi connectivity index (χ0n) is 11.8. The first-order chi connectivity index (χ1) is 9.65. The van der Waals surface area contributed by atoms with Crippen molar-refractivity contribution in [3.8, 4) is 0 Å². The van der Waals surface area contributed by atoms with Gasteiger partial charge in [0.2, 0.25) is 0 Å². The van der Waals surface area contributed by atoms with Crippen molar-refractivity contribution in [1.82, 2.24) is 0 Å². The average molecular weight is 337 g/mol. The molecule has 0 spiro atoms. The molecule has 3 heteroatoms. The summed E-state index contributed by atoms with van der Waals surface area (Å²) in [6.07, 6.45) is 6.01. The van der Waals surface area contributed by atoms with E-state index < -0.39 is 0 Å². The summed E-state index contributed by atoms with van der Waals surface area (Å²) in [5.41, 5.74) is 2.14. The Bertz CT molecular complexity index is 458. The number of aldehydes is 1. The van der Waals surface area contributed by atoms with E-state index in [0.717, 1.165) is 37.5 Å². The van der Waals surface area contributed by atoms with Crippen molar-refractivity contribution in [3.63, 3.8) is 0 Å². The number of Topliss-reactive ketones (excluding diaryl/α,β-unsaturated/α-hetero) is 1. The molecule has 1 saturated carbocycles. The Morgan fingerprint density at radius 2 is 1.85 bits per heavy atom. The number of halogens is 1. The van der Waals surface area contributed by atoms with Gasteiger partial charge in [0.1, 0.15) is 6.29 Å². The predicted octanol–water partition coefficient (Wildman–Crippen LogP) is 4.52. The van der Waals surface area contributed by atoms with Crippen molar-refractivity contribution in [2.24, 2.45) is 5.92 Å². The summed E-state index contributed by atoms with van der Waals surface area (Å²) in [7, 11) is 0. The fourth-order valence-electron chi connectivity index (χ4n) is 3.03. The van der Waals surface area contributed by atoms with E-state index in [0.29, 0.717) is 18.3 Å². The Morgan fingerprint density at radius 1 is 1.25 bits per heavy atom. The molecule has 2 rings (SSSR count). The minimum Gasteiger partial charge on any atom is -0.302 e. The Labute approximate surface area is 129 Å². The van der Waals surface area contributed by atoms with E-state index >= 15 is 0 Å². The summed E-state index contributed by atoms with van der Waals surface area (Å²) in [5, 5.41) is 0. The van der Waals surface area contributed by atoms with Gasteiger partial charge in [0.05, 0.1) is 4.83 Å². The Morgan fingerprint density at radius 3 is 2.35 bits per heavy atom.